The molecule has 0 saturated carbocycles. The second kappa shape index (κ2) is 11.5. The summed E-state index contributed by atoms with van der Waals surface area (Å²) in [7, 11) is 0. The van der Waals surface area contributed by atoms with E-state index in [4.69, 9.17) is 4.98 Å². The summed E-state index contributed by atoms with van der Waals surface area (Å²) < 4.78 is 14.2. The van der Waals surface area contributed by atoms with Crippen LogP contribution in [0.25, 0.3) is 0 Å². The zero-order valence-corrected chi connectivity index (χ0v) is 19.2. The van der Waals surface area contributed by atoms with Gasteiger partial charge in [-0.3, -0.25) is 0 Å². The number of thioether (sulfide) groups is 1. The van der Waals surface area contributed by atoms with E-state index in [9.17, 15) is 4.39 Å². The summed E-state index contributed by atoms with van der Waals surface area (Å²) in [6.07, 6.45) is 8.95. The molecule has 2 heterocycles. The zero-order valence-electron chi connectivity index (χ0n) is 18.4. The summed E-state index contributed by atoms with van der Waals surface area (Å²) in [5.74, 6) is 0.857. The van der Waals surface area contributed by atoms with Crippen molar-refractivity contribution < 1.29 is 4.39 Å². The topological polar surface area (TPSA) is 44.3 Å². The van der Waals surface area contributed by atoms with E-state index in [0.717, 1.165) is 49.3 Å². The Kier molecular flexibility index (Phi) is 8.75. The van der Waals surface area contributed by atoms with E-state index in [1.807, 2.05) is 24.6 Å². The van der Waals surface area contributed by atoms with Gasteiger partial charge in [0.1, 0.15) is 11.6 Å². The molecule has 0 bridgehead atoms. The van der Waals surface area contributed by atoms with E-state index in [0.29, 0.717) is 11.7 Å². The molecule has 1 aliphatic rings. The van der Waals surface area contributed by atoms with Gasteiger partial charge in [-0.15, -0.1) is 0 Å². The Morgan fingerprint density at radius 2 is 1.87 bits per heavy atom. The SMILES string of the molecule is CCCCC[C@H](C)NCc1cnc(SC)nc1N1CCN(c2ccccc2F)CC1. The molecular weight excluding hydrogens is 397 g/mol. The average molecular weight is 432 g/mol. The van der Waals surface area contributed by atoms with E-state index in [1.54, 1.807) is 17.8 Å². The van der Waals surface area contributed by atoms with Crippen molar-refractivity contribution in [3.8, 4) is 0 Å². The standard InChI is InChI=1S/C23H34FN5S/c1-4-5-6-9-18(2)25-16-19-17-26-23(30-3)27-22(19)29-14-12-28(13-15-29)21-11-8-7-10-20(21)24/h7-8,10-11,17-18,25H,4-6,9,12-16H2,1-3H3/t18-/m0/s1. The maximum absolute atomic E-state index is 14.2. The third-order valence-corrected chi connectivity index (χ3v) is 6.22. The van der Waals surface area contributed by atoms with Gasteiger partial charge in [-0.05, 0) is 31.7 Å². The molecule has 1 atom stereocenters. The molecule has 0 aliphatic carbocycles. The number of hydrogen-bond acceptors (Lipinski definition) is 6. The van der Waals surface area contributed by atoms with Gasteiger partial charge in [0.15, 0.2) is 5.16 Å². The van der Waals surface area contributed by atoms with Gasteiger partial charge in [-0.1, -0.05) is 50.1 Å². The Labute approximate surface area is 184 Å². The molecule has 2 aromatic rings. The highest BCUT2D eigenvalue weighted by atomic mass is 32.2. The summed E-state index contributed by atoms with van der Waals surface area (Å²) in [6.45, 7) is 8.45. The average Bonchev–Trinajstić information content (AvgIpc) is 2.78. The highest BCUT2D eigenvalue weighted by Crippen LogP contribution is 2.25. The first-order valence-corrected chi connectivity index (χ1v) is 12.2. The number of benzene rings is 1. The first-order valence-electron chi connectivity index (χ1n) is 11.0. The lowest BCUT2D eigenvalue weighted by atomic mass is 10.1. The molecule has 1 aliphatic heterocycles. The minimum Gasteiger partial charge on any atom is -0.366 e. The Morgan fingerprint density at radius 1 is 1.13 bits per heavy atom. The summed E-state index contributed by atoms with van der Waals surface area (Å²) in [6, 6.07) is 7.50. The van der Waals surface area contributed by atoms with Crippen molar-refractivity contribution in [2.24, 2.45) is 0 Å². The van der Waals surface area contributed by atoms with Gasteiger partial charge in [0, 0.05) is 50.5 Å². The first-order chi connectivity index (χ1) is 14.6. The van der Waals surface area contributed by atoms with Crippen LogP contribution in [0.1, 0.15) is 45.1 Å². The van der Waals surface area contributed by atoms with Crippen molar-refractivity contribution in [1.29, 1.82) is 0 Å². The number of piperazine rings is 1. The van der Waals surface area contributed by atoms with Crippen molar-refractivity contribution in [2.75, 3.05) is 42.2 Å². The molecule has 30 heavy (non-hydrogen) atoms. The number of unbranched alkanes of at least 4 members (excludes halogenated alkanes) is 2. The van der Waals surface area contributed by atoms with Crippen LogP contribution in [0.4, 0.5) is 15.9 Å². The van der Waals surface area contributed by atoms with Crippen molar-refractivity contribution in [3.05, 3.63) is 41.8 Å². The minimum atomic E-state index is -0.153. The van der Waals surface area contributed by atoms with E-state index >= 15 is 0 Å². The molecule has 1 aromatic heterocycles. The van der Waals surface area contributed by atoms with Crippen LogP contribution >= 0.6 is 11.8 Å². The van der Waals surface area contributed by atoms with Gasteiger partial charge in [0.25, 0.3) is 0 Å². The second-order valence-electron chi connectivity index (χ2n) is 7.91. The summed E-state index contributed by atoms with van der Waals surface area (Å²) in [4.78, 5) is 13.8. The van der Waals surface area contributed by atoms with Crippen LogP contribution in [0.15, 0.2) is 35.6 Å². The van der Waals surface area contributed by atoms with Gasteiger partial charge in [-0.2, -0.15) is 0 Å². The molecule has 0 spiro atoms. The fraction of sp³-hybridized carbons (Fsp3) is 0.565. The minimum absolute atomic E-state index is 0.153. The van der Waals surface area contributed by atoms with Gasteiger partial charge in [0.05, 0.1) is 5.69 Å². The van der Waals surface area contributed by atoms with Crippen molar-refractivity contribution in [2.45, 2.75) is 57.3 Å². The number of aromatic nitrogens is 2. The van der Waals surface area contributed by atoms with Crippen molar-refractivity contribution >= 4 is 23.3 Å². The molecule has 1 fully saturated rings. The zero-order chi connectivity index (χ0) is 21.3. The van der Waals surface area contributed by atoms with Crippen LogP contribution in [0.2, 0.25) is 0 Å². The number of nitrogens with zero attached hydrogens (tertiary/aromatic N) is 4. The van der Waals surface area contributed by atoms with Crippen molar-refractivity contribution in [1.82, 2.24) is 15.3 Å². The summed E-state index contributed by atoms with van der Waals surface area (Å²) in [5.41, 5.74) is 1.82. The number of para-hydroxylation sites is 1. The molecule has 0 unspecified atom stereocenters. The second-order valence-corrected chi connectivity index (χ2v) is 8.68. The molecule has 164 valence electrons. The monoisotopic (exact) mass is 431 g/mol. The fourth-order valence-electron chi connectivity index (χ4n) is 3.83. The first kappa shape index (κ1) is 22.8. The molecule has 0 amide bonds. The molecule has 5 nitrogen and oxygen atoms in total. The predicted molar refractivity (Wildman–Crippen MR) is 125 cm³/mol. The van der Waals surface area contributed by atoms with Gasteiger partial charge in [-0.25, -0.2) is 14.4 Å². The number of nitrogens with one attached hydrogen (secondary N) is 1. The summed E-state index contributed by atoms with van der Waals surface area (Å²) in [5, 5.41) is 4.44. The number of anilines is 2. The molecule has 1 N–H and O–H groups in total. The van der Waals surface area contributed by atoms with E-state index in [2.05, 4.69) is 33.9 Å². The molecule has 0 radical (unpaired) electrons. The Hall–Kier alpha value is -1.86. The number of rotatable bonds is 10. The van der Waals surface area contributed by atoms with Crippen LogP contribution in [-0.4, -0.2) is 48.4 Å². The normalized spacial score (nSPS) is 15.5. The highest BCUT2D eigenvalue weighted by molar-refractivity contribution is 7.98. The predicted octanol–water partition coefficient (Wildman–Crippen LogP) is 4.72. The van der Waals surface area contributed by atoms with E-state index in [-0.39, 0.29) is 5.82 Å². The van der Waals surface area contributed by atoms with Crippen LogP contribution in [-0.2, 0) is 6.54 Å². The van der Waals surface area contributed by atoms with E-state index in [1.165, 1.54) is 31.7 Å². The van der Waals surface area contributed by atoms with Gasteiger partial charge >= 0.3 is 0 Å². The lowest BCUT2D eigenvalue weighted by molar-refractivity contribution is 0.485. The number of hydrogen-bond donors (Lipinski definition) is 1. The van der Waals surface area contributed by atoms with E-state index < -0.39 is 0 Å². The van der Waals surface area contributed by atoms with Crippen LogP contribution in [0.3, 0.4) is 0 Å². The Morgan fingerprint density at radius 3 is 2.57 bits per heavy atom. The molecule has 7 heteroatoms. The van der Waals surface area contributed by atoms with Gasteiger partial charge in [0.2, 0.25) is 0 Å². The Balaban J connectivity index is 1.65. The molecule has 3 rings (SSSR count). The Bertz CT molecular complexity index is 795. The highest BCUT2D eigenvalue weighted by Gasteiger charge is 2.22. The third kappa shape index (κ3) is 6.08. The maximum Gasteiger partial charge on any atom is 0.189 e. The van der Waals surface area contributed by atoms with Crippen molar-refractivity contribution in [3.63, 3.8) is 0 Å². The quantitative estimate of drug-likeness (QED) is 0.334. The van der Waals surface area contributed by atoms with Crippen LogP contribution in [0, 0.1) is 5.82 Å². The molecular formula is C23H34FN5S. The molecule has 1 aromatic carbocycles. The largest absolute Gasteiger partial charge is 0.366 e. The van der Waals surface area contributed by atoms with Crippen LogP contribution < -0.4 is 15.1 Å². The lowest BCUT2D eigenvalue weighted by Gasteiger charge is -2.37. The summed E-state index contributed by atoms with van der Waals surface area (Å²) >= 11 is 1.56. The lowest BCUT2D eigenvalue weighted by Crippen LogP contribution is -2.47. The number of halogens is 1. The molecule has 1 saturated heterocycles. The van der Waals surface area contributed by atoms with Crippen LogP contribution in [0.5, 0.6) is 0 Å². The van der Waals surface area contributed by atoms with Gasteiger partial charge < -0.3 is 15.1 Å². The fourth-order valence-corrected chi connectivity index (χ4v) is 4.17. The smallest absolute Gasteiger partial charge is 0.189 e. The maximum atomic E-state index is 14.2. The third-order valence-electron chi connectivity index (χ3n) is 5.66.